The number of hydrogen-bond donors (Lipinski definition) is 1. The summed E-state index contributed by atoms with van der Waals surface area (Å²) >= 11 is 12.1. The minimum absolute atomic E-state index is 0.0793. The Morgan fingerprint density at radius 3 is 2.40 bits per heavy atom. The highest BCUT2D eigenvalue weighted by Gasteiger charge is 2.17. The molecule has 0 aliphatic heterocycles. The fraction of sp³-hybridized carbons (Fsp3) is 0.235. The first-order chi connectivity index (χ1) is 11.6. The van der Waals surface area contributed by atoms with Gasteiger partial charge in [-0.05, 0) is 42.3 Å². The number of carbonyl (C=O) groups is 1. The Bertz CT molecular complexity index is 909. The molecule has 0 aromatic heterocycles. The van der Waals surface area contributed by atoms with E-state index in [2.05, 4.69) is 0 Å². The number of carboxylic acids is 1. The second-order valence-electron chi connectivity index (χ2n) is 5.66. The summed E-state index contributed by atoms with van der Waals surface area (Å²) in [5.41, 5.74) is 0.655. The molecule has 134 valence electrons. The standard InChI is InChI=1S/C17H16Cl2O5S/c1-10(17(20)21)7-11-3-4-12(18)8-16(11)24-15-6-5-13(9-14(15)19)25(2,22)23/h3-6,8-10H,7H2,1-2H3,(H,20,21). The predicted molar refractivity (Wildman–Crippen MR) is 96.6 cm³/mol. The monoisotopic (exact) mass is 402 g/mol. The molecule has 0 saturated heterocycles. The summed E-state index contributed by atoms with van der Waals surface area (Å²) < 4.78 is 28.9. The maximum atomic E-state index is 11.6. The number of aliphatic carboxylic acids is 1. The molecule has 0 aliphatic rings. The van der Waals surface area contributed by atoms with Crippen LogP contribution in [0.1, 0.15) is 12.5 Å². The van der Waals surface area contributed by atoms with Gasteiger partial charge in [0.25, 0.3) is 0 Å². The van der Waals surface area contributed by atoms with Crippen molar-refractivity contribution in [1.82, 2.24) is 0 Å². The zero-order chi connectivity index (χ0) is 18.8. The highest BCUT2D eigenvalue weighted by Crippen LogP contribution is 2.35. The molecular formula is C17H16Cl2O5S. The number of rotatable bonds is 6. The van der Waals surface area contributed by atoms with E-state index in [9.17, 15) is 13.2 Å². The largest absolute Gasteiger partial charge is 0.481 e. The third kappa shape index (κ3) is 5.11. The first kappa shape index (κ1) is 19.6. The van der Waals surface area contributed by atoms with E-state index in [1.54, 1.807) is 25.1 Å². The van der Waals surface area contributed by atoms with E-state index in [0.717, 1.165) is 6.26 Å². The van der Waals surface area contributed by atoms with Gasteiger partial charge in [-0.3, -0.25) is 4.79 Å². The molecule has 25 heavy (non-hydrogen) atoms. The Hall–Kier alpha value is -1.76. The summed E-state index contributed by atoms with van der Waals surface area (Å²) in [6, 6.07) is 9.04. The van der Waals surface area contributed by atoms with E-state index in [-0.39, 0.29) is 22.1 Å². The predicted octanol–water partition coefficient (Wildman–Crippen LogP) is 4.45. The van der Waals surface area contributed by atoms with Crippen LogP contribution in [0.15, 0.2) is 41.3 Å². The molecule has 0 bridgehead atoms. The molecule has 2 rings (SSSR count). The van der Waals surface area contributed by atoms with E-state index in [0.29, 0.717) is 16.3 Å². The van der Waals surface area contributed by atoms with Gasteiger partial charge in [-0.2, -0.15) is 0 Å². The lowest BCUT2D eigenvalue weighted by Crippen LogP contribution is -2.12. The third-order valence-electron chi connectivity index (χ3n) is 3.53. The lowest BCUT2D eigenvalue weighted by molar-refractivity contribution is -0.141. The summed E-state index contributed by atoms with van der Waals surface area (Å²) in [6.07, 6.45) is 1.34. The first-order valence-corrected chi connectivity index (χ1v) is 9.91. The normalized spacial score (nSPS) is 12.6. The summed E-state index contributed by atoms with van der Waals surface area (Å²) in [5.74, 6) is -0.904. The number of halogens is 2. The van der Waals surface area contributed by atoms with Gasteiger partial charge in [0, 0.05) is 11.3 Å². The van der Waals surface area contributed by atoms with E-state index >= 15 is 0 Å². The average molecular weight is 403 g/mol. The van der Waals surface area contributed by atoms with Crippen molar-refractivity contribution in [3.05, 3.63) is 52.0 Å². The van der Waals surface area contributed by atoms with Crippen molar-refractivity contribution in [2.45, 2.75) is 18.2 Å². The van der Waals surface area contributed by atoms with Gasteiger partial charge >= 0.3 is 5.97 Å². The lowest BCUT2D eigenvalue weighted by Gasteiger charge is -2.14. The SMILES string of the molecule is CC(Cc1ccc(Cl)cc1Oc1ccc(S(C)(=O)=O)cc1Cl)C(=O)O. The molecule has 8 heteroatoms. The molecule has 1 N–H and O–H groups in total. The van der Waals surface area contributed by atoms with Crippen molar-refractivity contribution >= 4 is 39.0 Å². The molecule has 1 atom stereocenters. The van der Waals surface area contributed by atoms with Gasteiger partial charge in [-0.25, -0.2) is 8.42 Å². The maximum absolute atomic E-state index is 11.6. The molecule has 0 heterocycles. The topological polar surface area (TPSA) is 80.7 Å². The molecule has 1 unspecified atom stereocenters. The fourth-order valence-corrected chi connectivity index (χ4v) is 3.22. The second kappa shape index (κ2) is 7.64. The van der Waals surface area contributed by atoms with Gasteiger partial charge in [0.05, 0.1) is 15.8 Å². The van der Waals surface area contributed by atoms with Crippen molar-refractivity contribution < 1.29 is 23.1 Å². The van der Waals surface area contributed by atoms with Gasteiger partial charge in [-0.1, -0.05) is 36.2 Å². The molecule has 2 aromatic carbocycles. The van der Waals surface area contributed by atoms with Gasteiger partial charge in [0.1, 0.15) is 11.5 Å². The Morgan fingerprint density at radius 1 is 1.16 bits per heavy atom. The molecule has 0 aliphatic carbocycles. The zero-order valence-electron chi connectivity index (χ0n) is 13.5. The molecule has 0 fully saturated rings. The second-order valence-corrected chi connectivity index (χ2v) is 8.52. The molecule has 0 radical (unpaired) electrons. The Morgan fingerprint density at radius 2 is 1.84 bits per heavy atom. The van der Waals surface area contributed by atoms with Crippen LogP contribution in [0.3, 0.4) is 0 Å². The Kier molecular flexibility index (Phi) is 5.98. The highest BCUT2D eigenvalue weighted by molar-refractivity contribution is 7.90. The number of carboxylic acid groups (broad SMARTS) is 1. The van der Waals surface area contributed by atoms with Crippen molar-refractivity contribution in [2.75, 3.05) is 6.26 Å². The maximum Gasteiger partial charge on any atom is 0.306 e. The Labute approximate surface area is 156 Å². The van der Waals surface area contributed by atoms with E-state index in [1.807, 2.05) is 0 Å². The number of sulfone groups is 1. The van der Waals surface area contributed by atoms with Crippen molar-refractivity contribution in [3.8, 4) is 11.5 Å². The van der Waals surface area contributed by atoms with Crippen LogP contribution in [0, 0.1) is 5.92 Å². The van der Waals surface area contributed by atoms with Gasteiger partial charge in [-0.15, -0.1) is 0 Å². The van der Waals surface area contributed by atoms with E-state index in [1.165, 1.54) is 18.2 Å². The molecule has 5 nitrogen and oxygen atoms in total. The molecule has 0 saturated carbocycles. The first-order valence-electron chi connectivity index (χ1n) is 7.26. The van der Waals surface area contributed by atoms with Crippen molar-refractivity contribution in [1.29, 1.82) is 0 Å². The molecule has 0 spiro atoms. The van der Waals surface area contributed by atoms with Crippen LogP contribution >= 0.6 is 23.2 Å². The van der Waals surface area contributed by atoms with Gasteiger partial charge in [0.15, 0.2) is 9.84 Å². The Balaban J connectivity index is 2.37. The minimum atomic E-state index is -3.38. The van der Waals surface area contributed by atoms with Gasteiger partial charge in [0.2, 0.25) is 0 Å². The minimum Gasteiger partial charge on any atom is -0.481 e. The summed E-state index contributed by atoms with van der Waals surface area (Å²) in [6.45, 7) is 1.59. The number of hydrogen-bond acceptors (Lipinski definition) is 4. The zero-order valence-corrected chi connectivity index (χ0v) is 15.8. The number of ether oxygens (including phenoxy) is 1. The quantitative estimate of drug-likeness (QED) is 0.771. The van der Waals surface area contributed by atoms with Crippen LogP contribution in [0.25, 0.3) is 0 Å². The van der Waals surface area contributed by atoms with Crippen molar-refractivity contribution in [3.63, 3.8) is 0 Å². The number of benzene rings is 2. The third-order valence-corrected chi connectivity index (χ3v) is 5.17. The highest BCUT2D eigenvalue weighted by atomic mass is 35.5. The summed E-state index contributed by atoms with van der Waals surface area (Å²) in [4.78, 5) is 11.2. The van der Waals surface area contributed by atoms with Crippen LogP contribution in [-0.2, 0) is 21.1 Å². The van der Waals surface area contributed by atoms with E-state index in [4.69, 9.17) is 33.0 Å². The lowest BCUT2D eigenvalue weighted by atomic mass is 10.0. The average Bonchev–Trinajstić information content (AvgIpc) is 2.50. The van der Waals surface area contributed by atoms with Crippen LogP contribution < -0.4 is 4.74 Å². The van der Waals surface area contributed by atoms with E-state index < -0.39 is 21.7 Å². The molecular weight excluding hydrogens is 387 g/mol. The van der Waals surface area contributed by atoms with Crippen LogP contribution in [0.5, 0.6) is 11.5 Å². The van der Waals surface area contributed by atoms with Crippen LogP contribution in [-0.4, -0.2) is 25.7 Å². The summed E-state index contributed by atoms with van der Waals surface area (Å²) in [7, 11) is -3.38. The van der Waals surface area contributed by atoms with Crippen molar-refractivity contribution in [2.24, 2.45) is 5.92 Å². The summed E-state index contributed by atoms with van der Waals surface area (Å²) in [5, 5.41) is 9.63. The fourth-order valence-electron chi connectivity index (χ4n) is 2.12. The smallest absolute Gasteiger partial charge is 0.306 e. The van der Waals surface area contributed by atoms with Gasteiger partial charge < -0.3 is 9.84 Å². The molecule has 2 aromatic rings. The van der Waals surface area contributed by atoms with Crippen LogP contribution in [0.2, 0.25) is 10.0 Å². The van der Waals surface area contributed by atoms with Crippen LogP contribution in [0.4, 0.5) is 0 Å². The molecule has 0 amide bonds.